The molecular weight excluding hydrogens is 389 g/mol. The zero-order chi connectivity index (χ0) is 22.0. The molecule has 0 saturated heterocycles. The van der Waals surface area contributed by atoms with Crippen LogP contribution in [-0.2, 0) is 11.3 Å². The van der Waals surface area contributed by atoms with Gasteiger partial charge in [-0.3, -0.25) is 9.59 Å². The largest absolute Gasteiger partial charge is 0.508 e. The quantitative estimate of drug-likeness (QED) is 0.362. The van der Waals surface area contributed by atoms with Gasteiger partial charge >= 0.3 is 0 Å². The molecule has 0 bridgehead atoms. The first-order chi connectivity index (χ1) is 13.6. The van der Waals surface area contributed by atoms with E-state index in [1.807, 2.05) is 19.9 Å². The molecule has 1 amide bonds. The van der Waals surface area contributed by atoms with E-state index in [9.17, 15) is 14.0 Å². The highest BCUT2D eigenvalue weighted by molar-refractivity contribution is 7.14. The highest BCUT2D eigenvalue weighted by Crippen LogP contribution is 2.20. The summed E-state index contributed by atoms with van der Waals surface area (Å²) >= 11 is 1.49. The zero-order valence-corrected chi connectivity index (χ0v) is 18.3. The summed E-state index contributed by atoms with van der Waals surface area (Å²) in [5, 5.41) is 11.9. The number of carbonyl (C=O) groups excluding carboxylic acids is 2. The van der Waals surface area contributed by atoms with Gasteiger partial charge in [0.2, 0.25) is 0 Å². The number of hydrogen-bond acceptors (Lipinski definition) is 4. The Morgan fingerprint density at radius 2 is 1.83 bits per heavy atom. The van der Waals surface area contributed by atoms with Gasteiger partial charge in [-0.15, -0.1) is 11.3 Å². The second-order valence-electron chi connectivity index (χ2n) is 6.80. The van der Waals surface area contributed by atoms with Crippen LogP contribution in [0.2, 0.25) is 0 Å². The maximum absolute atomic E-state index is 12.7. The topological polar surface area (TPSA) is 66.4 Å². The van der Waals surface area contributed by atoms with Gasteiger partial charge in [-0.05, 0) is 56.2 Å². The molecule has 2 N–H and O–H groups in total. The summed E-state index contributed by atoms with van der Waals surface area (Å²) in [4.78, 5) is 24.8. The lowest BCUT2D eigenvalue weighted by Gasteiger charge is -2.04. The van der Waals surface area contributed by atoms with Crippen molar-refractivity contribution in [3.63, 3.8) is 0 Å². The lowest BCUT2D eigenvalue weighted by Crippen LogP contribution is -2.22. The summed E-state index contributed by atoms with van der Waals surface area (Å²) in [5.41, 5.74) is 1.88. The number of ketones is 1. The number of aliphatic hydroxyl groups excluding tert-OH is 1. The van der Waals surface area contributed by atoms with Gasteiger partial charge in [-0.1, -0.05) is 32.1 Å². The third kappa shape index (κ3) is 8.87. The highest BCUT2D eigenvalue weighted by atomic mass is 32.1. The van der Waals surface area contributed by atoms with Crippen molar-refractivity contribution in [2.24, 2.45) is 5.92 Å². The highest BCUT2D eigenvalue weighted by Gasteiger charge is 2.11. The Hall–Kier alpha value is -2.73. The predicted octanol–water partition coefficient (Wildman–Crippen LogP) is 5.66. The molecular formula is C23H28FNO3S. The molecule has 1 heterocycles. The molecule has 156 valence electrons. The maximum Gasteiger partial charge on any atom is 0.261 e. The molecule has 0 radical (unpaired) electrons. The molecule has 4 nitrogen and oxygen atoms in total. The van der Waals surface area contributed by atoms with E-state index in [-0.39, 0.29) is 29.2 Å². The molecule has 2 rings (SSSR count). The number of allylic oxidation sites excluding steroid dienone is 3. The van der Waals surface area contributed by atoms with Gasteiger partial charge in [0.1, 0.15) is 11.6 Å². The van der Waals surface area contributed by atoms with E-state index in [1.165, 1.54) is 35.6 Å². The minimum absolute atomic E-state index is 0.0196. The molecule has 0 atom stereocenters. The zero-order valence-electron chi connectivity index (χ0n) is 17.5. The van der Waals surface area contributed by atoms with Crippen LogP contribution in [0.5, 0.6) is 0 Å². The molecule has 29 heavy (non-hydrogen) atoms. The average Bonchev–Trinajstić information content (AvgIpc) is 3.00. The number of thiophene rings is 1. The van der Waals surface area contributed by atoms with Crippen LogP contribution >= 0.6 is 11.3 Å². The van der Waals surface area contributed by atoms with Crippen LogP contribution < -0.4 is 5.32 Å². The minimum atomic E-state index is -0.269. The summed E-state index contributed by atoms with van der Waals surface area (Å²) in [7, 11) is 0. The van der Waals surface area contributed by atoms with Crippen molar-refractivity contribution >= 4 is 23.0 Å². The van der Waals surface area contributed by atoms with Crippen LogP contribution in [0.15, 0.2) is 54.3 Å². The van der Waals surface area contributed by atoms with Crippen LogP contribution in [0.4, 0.5) is 4.39 Å². The monoisotopic (exact) mass is 417 g/mol. The first kappa shape index (κ1) is 24.3. The normalized spacial score (nSPS) is 11.3. The number of benzene rings is 1. The average molecular weight is 418 g/mol. The third-order valence-corrected chi connectivity index (χ3v) is 4.96. The van der Waals surface area contributed by atoms with Crippen molar-refractivity contribution in [1.29, 1.82) is 0 Å². The van der Waals surface area contributed by atoms with Gasteiger partial charge < -0.3 is 10.4 Å². The van der Waals surface area contributed by atoms with Gasteiger partial charge in [-0.25, -0.2) is 4.39 Å². The van der Waals surface area contributed by atoms with E-state index in [2.05, 4.69) is 5.32 Å². The van der Waals surface area contributed by atoms with Crippen molar-refractivity contribution in [2.75, 3.05) is 0 Å². The molecule has 0 aliphatic rings. The van der Waals surface area contributed by atoms with E-state index < -0.39 is 0 Å². The van der Waals surface area contributed by atoms with Crippen LogP contribution in [-0.4, -0.2) is 16.8 Å². The lowest BCUT2D eigenvalue weighted by molar-refractivity contribution is -0.117. The number of halogens is 1. The minimum Gasteiger partial charge on any atom is -0.508 e. The fraction of sp³-hybridized carbons (Fsp3) is 0.304. The van der Waals surface area contributed by atoms with Gasteiger partial charge in [0.15, 0.2) is 5.78 Å². The SMILES string of the molecule is C/C=C\C(O)=C/C(=O)C(C)C.Cc1cc(C)c(C(=O)NCc2ccc(F)cc2)s1. The molecule has 1 aromatic heterocycles. The van der Waals surface area contributed by atoms with Gasteiger partial charge in [0, 0.05) is 23.4 Å². The van der Waals surface area contributed by atoms with E-state index in [0.29, 0.717) is 6.54 Å². The summed E-state index contributed by atoms with van der Waals surface area (Å²) in [6.45, 7) is 9.69. The van der Waals surface area contributed by atoms with Crippen LogP contribution in [0.25, 0.3) is 0 Å². The number of nitrogens with one attached hydrogen (secondary N) is 1. The number of rotatable bonds is 6. The van der Waals surface area contributed by atoms with Gasteiger partial charge in [0.05, 0.1) is 4.88 Å². The van der Waals surface area contributed by atoms with E-state index in [4.69, 9.17) is 5.11 Å². The summed E-state index contributed by atoms with van der Waals surface area (Å²) in [5.74, 6) is -0.432. The van der Waals surface area contributed by atoms with Gasteiger partial charge in [0.25, 0.3) is 5.91 Å². The molecule has 0 saturated carbocycles. The van der Waals surface area contributed by atoms with Crippen LogP contribution in [0.1, 0.15) is 46.4 Å². The number of aliphatic hydroxyl groups is 1. The molecule has 2 aromatic rings. The van der Waals surface area contributed by atoms with Crippen LogP contribution in [0, 0.1) is 25.6 Å². The number of aryl methyl sites for hydroxylation is 2. The summed E-state index contributed by atoms with van der Waals surface area (Å²) < 4.78 is 12.7. The first-order valence-electron chi connectivity index (χ1n) is 9.30. The summed E-state index contributed by atoms with van der Waals surface area (Å²) in [6.07, 6.45) is 4.41. The molecule has 0 spiro atoms. The third-order valence-electron chi connectivity index (χ3n) is 3.81. The Kier molecular flexibility index (Phi) is 10.0. The van der Waals surface area contributed by atoms with Crippen molar-refractivity contribution in [3.05, 3.63) is 81.0 Å². The molecule has 1 aromatic carbocycles. The smallest absolute Gasteiger partial charge is 0.261 e. The Bertz CT molecular complexity index is 880. The first-order valence-corrected chi connectivity index (χ1v) is 10.1. The summed E-state index contributed by atoms with van der Waals surface area (Å²) in [6, 6.07) is 8.12. The maximum atomic E-state index is 12.7. The molecule has 0 unspecified atom stereocenters. The van der Waals surface area contributed by atoms with Gasteiger partial charge in [-0.2, -0.15) is 0 Å². The number of amides is 1. The fourth-order valence-corrected chi connectivity index (χ4v) is 3.21. The molecule has 0 aliphatic carbocycles. The number of hydrogen-bond donors (Lipinski definition) is 2. The van der Waals surface area contributed by atoms with Crippen LogP contribution in [0.3, 0.4) is 0 Å². The molecule has 0 fully saturated rings. The Balaban J connectivity index is 0.000000331. The molecule has 0 aliphatic heterocycles. The lowest BCUT2D eigenvalue weighted by atomic mass is 10.1. The molecule has 6 heteroatoms. The van der Waals surface area contributed by atoms with E-state index in [1.54, 1.807) is 39.0 Å². The Morgan fingerprint density at radius 1 is 1.21 bits per heavy atom. The second kappa shape index (κ2) is 12.0. The number of carbonyl (C=O) groups is 2. The van der Waals surface area contributed by atoms with Crippen molar-refractivity contribution in [3.8, 4) is 0 Å². The Morgan fingerprint density at radius 3 is 2.31 bits per heavy atom. The van der Waals surface area contributed by atoms with E-state index in [0.717, 1.165) is 20.9 Å². The van der Waals surface area contributed by atoms with Crippen molar-refractivity contribution in [2.45, 2.75) is 41.2 Å². The van der Waals surface area contributed by atoms with Crippen molar-refractivity contribution < 1.29 is 19.1 Å². The second-order valence-corrected chi connectivity index (χ2v) is 8.06. The standard InChI is InChI=1S/C14H14FNOS.C9H14O2/c1-9-7-10(2)18-13(9)14(17)16-8-11-3-5-12(15)6-4-11;1-4-5-8(10)6-9(11)7(2)3/h3-7H,8H2,1-2H3,(H,16,17);4-7,10H,1-3H3/b;5-4-,8-6+. The van der Waals surface area contributed by atoms with Crippen molar-refractivity contribution in [1.82, 2.24) is 5.32 Å². The Labute approximate surface area is 175 Å². The van der Waals surface area contributed by atoms with E-state index >= 15 is 0 Å². The fourth-order valence-electron chi connectivity index (χ4n) is 2.26. The predicted molar refractivity (Wildman–Crippen MR) is 117 cm³/mol.